The molecule has 2 N–H and O–H groups in total. The lowest BCUT2D eigenvalue weighted by molar-refractivity contribution is 0.312. The van der Waals surface area contributed by atoms with Gasteiger partial charge in [-0.3, -0.25) is 4.99 Å². The van der Waals surface area contributed by atoms with Crippen LogP contribution in [0.1, 0.15) is 11.1 Å². The van der Waals surface area contributed by atoms with E-state index in [2.05, 4.69) is 43.5 Å². The highest BCUT2D eigenvalue weighted by Gasteiger charge is 2.18. The average molecular weight is 549 g/mol. The Balaban J connectivity index is 0.00000300. The Morgan fingerprint density at radius 1 is 1.07 bits per heavy atom. The number of aromatic nitrogens is 1. The summed E-state index contributed by atoms with van der Waals surface area (Å²) >= 11 is 12.2. The fourth-order valence-corrected chi connectivity index (χ4v) is 3.59. The maximum Gasteiger partial charge on any atom is 0.191 e. The first kappa shape index (κ1) is 24.0. The normalized spacial score (nSPS) is 15.0. The van der Waals surface area contributed by atoms with Crippen LogP contribution in [0.4, 0.5) is 5.82 Å². The second-order valence-electron chi connectivity index (χ2n) is 6.79. The van der Waals surface area contributed by atoms with Crippen molar-refractivity contribution in [2.75, 3.05) is 45.2 Å². The quantitative estimate of drug-likeness (QED) is 0.339. The Bertz CT molecular complexity index is 824. The van der Waals surface area contributed by atoms with E-state index in [0.717, 1.165) is 43.1 Å². The van der Waals surface area contributed by atoms with Gasteiger partial charge < -0.3 is 20.4 Å². The van der Waals surface area contributed by atoms with E-state index in [-0.39, 0.29) is 24.0 Å². The van der Waals surface area contributed by atoms with Gasteiger partial charge in [-0.1, -0.05) is 35.3 Å². The zero-order valence-electron chi connectivity index (χ0n) is 16.7. The van der Waals surface area contributed by atoms with E-state index in [1.807, 2.05) is 24.4 Å². The number of rotatable bonds is 5. The van der Waals surface area contributed by atoms with E-state index >= 15 is 0 Å². The van der Waals surface area contributed by atoms with Crippen LogP contribution in [0.3, 0.4) is 0 Å². The van der Waals surface area contributed by atoms with Crippen LogP contribution in [0.15, 0.2) is 41.5 Å². The van der Waals surface area contributed by atoms with Crippen molar-refractivity contribution in [2.24, 2.45) is 4.99 Å². The zero-order valence-corrected chi connectivity index (χ0v) is 20.5. The van der Waals surface area contributed by atoms with Gasteiger partial charge in [-0.2, -0.15) is 0 Å². The van der Waals surface area contributed by atoms with Crippen molar-refractivity contribution in [3.05, 3.63) is 57.7 Å². The first-order valence-electron chi connectivity index (χ1n) is 9.32. The van der Waals surface area contributed by atoms with Gasteiger partial charge in [0, 0.05) is 68.1 Å². The molecule has 158 valence electrons. The summed E-state index contributed by atoms with van der Waals surface area (Å²) in [5.41, 5.74) is 2.12. The molecule has 0 atom stereocenters. The average Bonchev–Trinajstić information content (AvgIpc) is 2.70. The molecule has 2 aromatic rings. The Morgan fingerprint density at radius 3 is 2.41 bits per heavy atom. The van der Waals surface area contributed by atoms with Gasteiger partial charge in [0.1, 0.15) is 5.82 Å². The predicted molar refractivity (Wildman–Crippen MR) is 133 cm³/mol. The molecular formula is C20H27Cl2IN6. The lowest BCUT2D eigenvalue weighted by Crippen LogP contribution is -2.45. The molecule has 0 aliphatic carbocycles. The number of nitrogens with one attached hydrogen (secondary N) is 2. The fraction of sp³-hybridized carbons (Fsp3) is 0.400. The summed E-state index contributed by atoms with van der Waals surface area (Å²) in [5, 5.41) is 7.93. The summed E-state index contributed by atoms with van der Waals surface area (Å²) in [6.07, 6.45) is 1.85. The van der Waals surface area contributed by atoms with Crippen LogP contribution >= 0.6 is 47.2 Å². The van der Waals surface area contributed by atoms with Crippen LogP contribution in [0.25, 0.3) is 0 Å². The van der Waals surface area contributed by atoms with Crippen LogP contribution in [0.5, 0.6) is 0 Å². The second-order valence-corrected chi connectivity index (χ2v) is 7.64. The molecule has 0 spiro atoms. The molecule has 6 nitrogen and oxygen atoms in total. The number of hydrogen-bond donors (Lipinski definition) is 2. The van der Waals surface area contributed by atoms with E-state index in [9.17, 15) is 0 Å². The van der Waals surface area contributed by atoms with Crippen molar-refractivity contribution >= 4 is 59.0 Å². The van der Waals surface area contributed by atoms with Gasteiger partial charge in [0.2, 0.25) is 0 Å². The van der Waals surface area contributed by atoms with E-state index < -0.39 is 0 Å². The molecule has 3 rings (SSSR count). The smallest absolute Gasteiger partial charge is 0.191 e. The molecule has 1 saturated heterocycles. The number of nitrogens with zero attached hydrogens (tertiary/aromatic N) is 4. The lowest BCUT2D eigenvalue weighted by Gasteiger charge is -2.34. The summed E-state index contributed by atoms with van der Waals surface area (Å²) in [5.74, 6) is 1.75. The maximum absolute atomic E-state index is 6.24. The number of pyridine rings is 1. The number of benzene rings is 1. The Hall–Kier alpha value is -1.29. The minimum atomic E-state index is 0. The summed E-state index contributed by atoms with van der Waals surface area (Å²) in [7, 11) is 3.91. The Labute approximate surface area is 199 Å². The Kier molecular flexibility index (Phi) is 9.74. The number of halogens is 3. The maximum atomic E-state index is 6.24. The molecule has 0 bridgehead atoms. The number of likely N-dealkylation sites (N-methyl/N-ethyl adjacent to an activating group) is 1. The number of hydrogen-bond acceptors (Lipinski definition) is 4. The van der Waals surface area contributed by atoms with Crippen LogP contribution in [-0.4, -0.2) is 56.1 Å². The molecular weight excluding hydrogens is 522 g/mol. The van der Waals surface area contributed by atoms with Crippen molar-refractivity contribution in [1.29, 1.82) is 0 Å². The van der Waals surface area contributed by atoms with E-state index in [1.54, 1.807) is 13.1 Å². The molecule has 1 aliphatic heterocycles. The molecule has 0 amide bonds. The van der Waals surface area contributed by atoms with Crippen LogP contribution < -0.4 is 15.5 Å². The van der Waals surface area contributed by atoms with E-state index in [1.165, 1.54) is 0 Å². The zero-order chi connectivity index (χ0) is 19.9. The Morgan fingerprint density at radius 2 is 1.76 bits per heavy atom. The molecule has 1 aromatic carbocycles. The van der Waals surface area contributed by atoms with Gasteiger partial charge in [-0.15, -0.1) is 24.0 Å². The third kappa shape index (κ3) is 6.87. The van der Waals surface area contributed by atoms with Crippen LogP contribution in [0, 0.1) is 0 Å². The first-order valence-corrected chi connectivity index (χ1v) is 10.1. The summed E-state index contributed by atoms with van der Waals surface area (Å²) in [6.45, 7) is 5.28. The van der Waals surface area contributed by atoms with Crippen LogP contribution in [0.2, 0.25) is 10.0 Å². The third-order valence-electron chi connectivity index (χ3n) is 4.80. The first-order chi connectivity index (χ1) is 13.6. The van der Waals surface area contributed by atoms with Gasteiger partial charge in [0.15, 0.2) is 5.96 Å². The molecule has 9 heteroatoms. The fourth-order valence-electron chi connectivity index (χ4n) is 3.11. The molecule has 1 aliphatic rings. The second kappa shape index (κ2) is 11.8. The third-order valence-corrected chi connectivity index (χ3v) is 5.39. The van der Waals surface area contributed by atoms with Gasteiger partial charge in [0.25, 0.3) is 0 Å². The van der Waals surface area contributed by atoms with Crippen molar-refractivity contribution in [3.8, 4) is 0 Å². The number of guanidine groups is 1. The topological polar surface area (TPSA) is 55.8 Å². The van der Waals surface area contributed by atoms with Crippen LogP contribution in [-0.2, 0) is 13.1 Å². The standard InChI is InChI=1S/C20H26Cl2N6.HI/c1-23-20(25-13-15-5-6-17(21)12-18(15)22)26-14-16-4-3-7-24-19(16)28-10-8-27(2)9-11-28;/h3-7,12H,8-11,13-14H2,1-2H3,(H2,23,25,26);1H. The molecule has 0 unspecified atom stereocenters. The van der Waals surface area contributed by atoms with Crippen molar-refractivity contribution in [1.82, 2.24) is 20.5 Å². The van der Waals surface area contributed by atoms with E-state index in [4.69, 9.17) is 23.2 Å². The summed E-state index contributed by atoms with van der Waals surface area (Å²) in [6, 6.07) is 9.57. The SMILES string of the molecule is CN=C(NCc1ccc(Cl)cc1Cl)NCc1cccnc1N1CCN(C)CC1.I. The number of piperazine rings is 1. The van der Waals surface area contributed by atoms with Gasteiger partial charge >= 0.3 is 0 Å². The largest absolute Gasteiger partial charge is 0.354 e. The summed E-state index contributed by atoms with van der Waals surface area (Å²) in [4.78, 5) is 13.6. The molecule has 1 aromatic heterocycles. The highest BCUT2D eigenvalue weighted by atomic mass is 127. The minimum absolute atomic E-state index is 0. The van der Waals surface area contributed by atoms with Gasteiger partial charge in [-0.25, -0.2) is 4.98 Å². The van der Waals surface area contributed by atoms with Crippen molar-refractivity contribution < 1.29 is 0 Å². The number of anilines is 1. The van der Waals surface area contributed by atoms with Crippen molar-refractivity contribution in [3.63, 3.8) is 0 Å². The molecule has 0 radical (unpaired) electrons. The molecule has 1 fully saturated rings. The van der Waals surface area contributed by atoms with Gasteiger partial charge in [-0.05, 0) is 30.8 Å². The monoisotopic (exact) mass is 548 g/mol. The number of aliphatic imine (C=N–C) groups is 1. The highest BCUT2D eigenvalue weighted by Crippen LogP contribution is 2.21. The highest BCUT2D eigenvalue weighted by molar-refractivity contribution is 14.0. The molecule has 0 saturated carbocycles. The minimum Gasteiger partial charge on any atom is -0.354 e. The predicted octanol–water partition coefficient (Wildman–Crippen LogP) is 3.62. The van der Waals surface area contributed by atoms with E-state index in [0.29, 0.717) is 29.1 Å². The summed E-state index contributed by atoms with van der Waals surface area (Å²) < 4.78 is 0. The molecule has 2 heterocycles. The molecule has 29 heavy (non-hydrogen) atoms. The van der Waals surface area contributed by atoms with Crippen molar-refractivity contribution in [2.45, 2.75) is 13.1 Å². The van der Waals surface area contributed by atoms with Gasteiger partial charge in [0.05, 0.1) is 0 Å². The lowest BCUT2D eigenvalue weighted by atomic mass is 10.2.